The van der Waals surface area contributed by atoms with Crippen LogP contribution in [0.25, 0.3) is 10.9 Å². The van der Waals surface area contributed by atoms with Crippen molar-refractivity contribution in [1.29, 1.82) is 0 Å². The lowest BCUT2D eigenvalue weighted by molar-refractivity contribution is -0.155. The molecule has 0 saturated carbocycles. The van der Waals surface area contributed by atoms with Gasteiger partial charge in [0, 0.05) is 18.0 Å². The SMILES string of the molecule is COC(=O)CNC(=O)c1ccnc2ccc(OCCCC(=O)OC(C)(C)C)cc12. The molecule has 1 amide bonds. The molecule has 0 aliphatic rings. The van der Waals surface area contributed by atoms with Crippen molar-refractivity contribution < 1.29 is 28.6 Å². The third-order valence-corrected chi connectivity index (χ3v) is 3.79. The van der Waals surface area contributed by atoms with E-state index in [2.05, 4.69) is 15.0 Å². The van der Waals surface area contributed by atoms with Crippen molar-refractivity contribution in [2.45, 2.75) is 39.2 Å². The number of amides is 1. The molecule has 2 aromatic rings. The summed E-state index contributed by atoms with van der Waals surface area (Å²) in [7, 11) is 1.25. The van der Waals surface area contributed by atoms with E-state index in [9.17, 15) is 14.4 Å². The summed E-state index contributed by atoms with van der Waals surface area (Å²) in [5.74, 6) is -0.666. The van der Waals surface area contributed by atoms with Gasteiger partial charge in [0.25, 0.3) is 5.91 Å². The zero-order chi connectivity index (χ0) is 21.4. The quantitative estimate of drug-likeness (QED) is 0.535. The second kappa shape index (κ2) is 9.86. The van der Waals surface area contributed by atoms with Crippen LogP contribution < -0.4 is 10.1 Å². The fraction of sp³-hybridized carbons (Fsp3) is 0.429. The van der Waals surface area contributed by atoms with E-state index in [1.54, 1.807) is 24.3 Å². The highest BCUT2D eigenvalue weighted by Gasteiger charge is 2.16. The molecule has 0 atom stereocenters. The average molecular weight is 402 g/mol. The van der Waals surface area contributed by atoms with Gasteiger partial charge in [-0.3, -0.25) is 19.4 Å². The highest BCUT2D eigenvalue weighted by molar-refractivity contribution is 6.07. The Morgan fingerprint density at radius 1 is 1.10 bits per heavy atom. The number of hydrogen-bond acceptors (Lipinski definition) is 7. The summed E-state index contributed by atoms with van der Waals surface area (Å²) < 4.78 is 15.5. The number of rotatable bonds is 8. The summed E-state index contributed by atoms with van der Waals surface area (Å²) in [5.41, 5.74) is 0.489. The lowest BCUT2D eigenvalue weighted by Crippen LogP contribution is -2.30. The number of fused-ring (bicyclic) bond motifs is 1. The number of nitrogens with one attached hydrogen (secondary N) is 1. The molecular formula is C21H26N2O6. The Kier molecular flexibility index (Phi) is 7.52. The number of benzene rings is 1. The predicted octanol–water partition coefficient (Wildman–Crippen LogP) is 2.64. The minimum absolute atomic E-state index is 0.222. The van der Waals surface area contributed by atoms with Gasteiger partial charge in [0.2, 0.25) is 0 Å². The Labute approximate surface area is 169 Å². The van der Waals surface area contributed by atoms with Crippen LogP contribution >= 0.6 is 0 Å². The number of aromatic nitrogens is 1. The molecule has 156 valence electrons. The van der Waals surface area contributed by atoms with Crippen LogP contribution in [0.2, 0.25) is 0 Å². The van der Waals surface area contributed by atoms with Crippen LogP contribution in [0.3, 0.4) is 0 Å². The monoisotopic (exact) mass is 402 g/mol. The molecule has 29 heavy (non-hydrogen) atoms. The summed E-state index contributed by atoms with van der Waals surface area (Å²) in [5, 5.41) is 3.11. The van der Waals surface area contributed by atoms with Crippen LogP contribution in [0.15, 0.2) is 30.5 Å². The Balaban J connectivity index is 2.00. The lowest BCUT2D eigenvalue weighted by atomic mass is 10.1. The summed E-state index contributed by atoms with van der Waals surface area (Å²) >= 11 is 0. The zero-order valence-electron chi connectivity index (χ0n) is 17.1. The number of carbonyl (C=O) groups excluding carboxylic acids is 3. The lowest BCUT2D eigenvalue weighted by Gasteiger charge is -2.19. The van der Waals surface area contributed by atoms with Crippen LogP contribution in [0, 0.1) is 0 Å². The smallest absolute Gasteiger partial charge is 0.325 e. The normalized spacial score (nSPS) is 11.0. The molecule has 1 aromatic carbocycles. The van der Waals surface area contributed by atoms with Crippen molar-refractivity contribution >= 4 is 28.7 Å². The summed E-state index contributed by atoms with van der Waals surface area (Å²) in [6, 6.07) is 6.78. The first-order chi connectivity index (χ1) is 13.7. The van der Waals surface area contributed by atoms with Crippen molar-refractivity contribution in [1.82, 2.24) is 10.3 Å². The van der Waals surface area contributed by atoms with Crippen LogP contribution in [0.1, 0.15) is 44.0 Å². The van der Waals surface area contributed by atoms with Gasteiger partial charge in [0.1, 0.15) is 17.9 Å². The Morgan fingerprint density at radius 3 is 2.55 bits per heavy atom. The molecule has 0 saturated heterocycles. The Morgan fingerprint density at radius 2 is 1.86 bits per heavy atom. The molecule has 0 bridgehead atoms. The van der Waals surface area contributed by atoms with Crippen molar-refractivity contribution in [2.75, 3.05) is 20.3 Å². The Bertz CT molecular complexity index is 888. The third kappa shape index (κ3) is 7.06. The number of methoxy groups -OCH3 is 1. The summed E-state index contributed by atoms with van der Waals surface area (Å²) in [6.07, 6.45) is 2.29. The fourth-order valence-electron chi connectivity index (χ4n) is 2.53. The van der Waals surface area contributed by atoms with Gasteiger partial charge in [-0.2, -0.15) is 0 Å². The maximum Gasteiger partial charge on any atom is 0.325 e. The fourth-order valence-corrected chi connectivity index (χ4v) is 2.53. The average Bonchev–Trinajstić information content (AvgIpc) is 2.67. The van der Waals surface area contributed by atoms with Gasteiger partial charge < -0.3 is 19.5 Å². The second-order valence-electron chi connectivity index (χ2n) is 7.33. The van der Waals surface area contributed by atoms with E-state index in [0.29, 0.717) is 35.2 Å². The number of hydrogen-bond donors (Lipinski definition) is 1. The molecule has 0 radical (unpaired) electrons. The molecule has 8 heteroatoms. The van der Waals surface area contributed by atoms with E-state index >= 15 is 0 Å². The number of pyridine rings is 1. The van der Waals surface area contributed by atoms with Crippen molar-refractivity contribution in [3.8, 4) is 5.75 Å². The topological polar surface area (TPSA) is 104 Å². The zero-order valence-corrected chi connectivity index (χ0v) is 17.1. The predicted molar refractivity (Wildman–Crippen MR) is 107 cm³/mol. The van der Waals surface area contributed by atoms with Crippen molar-refractivity contribution in [3.63, 3.8) is 0 Å². The molecule has 0 aliphatic carbocycles. The molecule has 8 nitrogen and oxygen atoms in total. The van der Waals surface area contributed by atoms with E-state index in [1.165, 1.54) is 13.3 Å². The van der Waals surface area contributed by atoms with Crippen molar-refractivity contribution in [2.24, 2.45) is 0 Å². The molecule has 1 aromatic heterocycles. The van der Waals surface area contributed by atoms with Gasteiger partial charge in [-0.25, -0.2) is 0 Å². The van der Waals surface area contributed by atoms with E-state index in [0.717, 1.165) is 0 Å². The first-order valence-electron chi connectivity index (χ1n) is 9.28. The Hall–Kier alpha value is -3.16. The van der Waals surface area contributed by atoms with Crippen LogP contribution in [-0.2, 0) is 19.1 Å². The second-order valence-corrected chi connectivity index (χ2v) is 7.33. The minimum atomic E-state index is -0.536. The molecule has 0 aliphatic heterocycles. The first-order valence-corrected chi connectivity index (χ1v) is 9.28. The van der Waals surface area contributed by atoms with E-state index < -0.39 is 17.5 Å². The molecule has 2 rings (SSSR count). The molecule has 0 spiro atoms. The molecular weight excluding hydrogens is 376 g/mol. The van der Waals surface area contributed by atoms with Gasteiger partial charge in [-0.1, -0.05) is 0 Å². The number of ether oxygens (including phenoxy) is 3. The largest absolute Gasteiger partial charge is 0.494 e. The van der Waals surface area contributed by atoms with Crippen LogP contribution in [-0.4, -0.2) is 48.7 Å². The standard InChI is InChI=1S/C21H26N2O6/c1-21(2,3)29-18(24)6-5-11-28-14-7-8-17-16(12-14)15(9-10-22-17)20(26)23-13-19(25)27-4/h7-10,12H,5-6,11,13H2,1-4H3,(H,23,26). The van der Waals surface area contributed by atoms with Gasteiger partial charge in [-0.15, -0.1) is 0 Å². The van der Waals surface area contributed by atoms with Gasteiger partial charge in [0.15, 0.2) is 0 Å². The van der Waals surface area contributed by atoms with E-state index in [-0.39, 0.29) is 18.9 Å². The minimum Gasteiger partial charge on any atom is -0.494 e. The molecule has 1 heterocycles. The highest BCUT2D eigenvalue weighted by Crippen LogP contribution is 2.23. The van der Waals surface area contributed by atoms with Crippen LogP contribution in [0.5, 0.6) is 5.75 Å². The summed E-state index contributed by atoms with van der Waals surface area (Å²) in [6.45, 7) is 5.57. The van der Waals surface area contributed by atoms with Gasteiger partial charge >= 0.3 is 11.9 Å². The first kappa shape index (κ1) is 22.1. The van der Waals surface area contributed by atoms with E-state index in [1.807, 2.05) is 20.8 Å². The van der Waals surface area contributed by atoms with Crippen LogP contribution in [0.4, 0.5) is 0 Å². The summed E-state index contributed by atoms with van der Waals surface area (Å²) in [4.78, 5) is 39.6. The molecule has 0 unspecified atom stereocenters. The molecule has 0 fully saturated rings. The number of carbonyl (C=O) groups is 3. The highest BCUT2D eigenvalue weighted by atomic mass is 16.6. The maximum absolute atomic E-state index is 12.4. The van der Waals surface area contributed by atoms with Gasteiger partial charge in [0.05, 0.1) is 24.8 Å². The number of esters is 2. The number of nitrogens with zero attached hydrogens (tertiary/aromatic N) is 1. The van der Waals surface area contributed by atoms with Crippen molar-refractivity contribution in [3.05, 3.63) is 36.0 Å². The van der Waals surface area contributed by atoms with Gasteiger partial charge in [-0.05, 0) is 51.5 Å². The third-order valence-electron chi connectivity index (χ3n) is 3.79. The molecule has 1 N–H and O–H groups in total. The van der Waals surface area contributed by atoms with E-state index in [4.69, 9.17) is 9.47 Å². The maximum atomic E-state index is 12.4.